The number of carboxylic acid groups (broad SMARTS) is 1. The van der Waals surface area contributed by atoms with Gasteiger partial charge in [0.05, 0.1) is 18.2 Å². The molecule has 0 saturated carbocycles. The second kappa shape index (κ2) is 3.23. The number of hydrogen-bond acceptors (Lipinski definition) is 3. The first-order valence-electron chi connectivity index (χ1n) is 4.08. The number of benzene rings is 1. The zero-order chi connectivity index (χ0) is 11.0. The van der Waals surface area contributed by atoms with Crippen LogP contribution in [0, 0.1) is 5.82 Å². The molecule has 0 unspecified atom stereocenters. The van der Waals surface area contributed by atoms with Crippen molar-refractivity contribution in [3.63, 3.8) is 0 Å². The minimum absolute atomic E-state index is 0.151. The molecule has 78 valence electrons. The highest BCUT2D eigenvalue weighted by Gasteiger charge is 2.14. The van der Waals surface area contributed by atoms with Gasteiger partial charge in [-0.25, -0.2) is 9.18 Å². The van der Waals surface area contributed by atoms with E-state index in [1.54, 1.807) is 0 Å². The molecule has 0 aliphatic heterocycles. The lowest BCUT2D eigenvalue weighted by Crippen LogP contribution is -1.98. The fourth-order valence-corrected chi connectivity index (χ4v) is 1.32. The first kappa shape index (κ1) is 9.45. The van der Waals surface area contributed by atoms with Gasteiger partial charge in [0, 0.05) is 0 Å². The topological polar surface area (TPSA) is 75.2 Å². The number of carbonyl (C=O) groups is 1. The highest BCUT2D eigenvalue weighted by Crippen LogP contribution is 2.21. The van der Waals surface area contributed by atoms with Gasteiger partial charge < -0.3 is 14.8 Å². The molecule has 15 heavy (non-hydrogen) atoms. The van der Waals surface area contributed by atoms with Crippen LogP contribution in [0.1, 0.15) is 10.4 Å². The van der Waals surface area contributed by atoms with Gasteiger partial charge in [-0.3, -0.25) is 0 Å². The summed E-state index contributed by atoms with van der Waals surface area (Å²) in [5, 5.41) is 8.83. The summed E-state index contributed by atoms with van der Waals surface area (Å²) < 4.78 is 17.8. The number of methoxy groups -OCH3 is 1. The SMILES string of the molecule is COc1nc2c(C(=O)O)cc(F)cc2[nH]1. The summed E-state index contributed by atoms with van der Waals surface area (Å²) in [6, 6.07) is 2.24. The van der Waals surface area contributed by atoms with Crippen molar-refractivity contribution in [2.75, 3.05) is 7.11 Å². The van der Waals surface area contributed by atoms with E-state index in [4.69, 9.17) is 9.84 Å². The zero-order valence-electron chi connectivity index (χ0n) is 7.74. The number of aromatic carboxylic acids is 1. The number of halogens is 1. The Labute approximate surface area is 83.5 Å². The maximum atomic E-state index is 13.0. The number of fused-ring (bicyclic) bond motifs is 1. The Morgan fingerprint density at radius 3 is 2.93 bits per heavy atom. The van der Waals surface area contributed by atoms with E-state index in [0.29, 0.717) is 5.52 Å². The van der Waals surface area contributed by atoms with Crippen LogP contribution >= 0.6 is 0 Å². The number of carboxylic acids is 1. The molecule has 5 nitrogen and oxygen atoms in total. The van der Waals surface area contributed by atoms with Crippen LogP contribution in [0.15, 0.2) is 12.1 Å². The van der Waals surface area contributed by atoms with Crippen molar-refractivity contribution in [1.29, 1.82) is 0 Å². The molecule has 0 saturated heterocycles. The third-order valence-electron chi connectivity index (χ3n) is 1.95. The van der Waals surface area contributed by atoms with Gasteiger partial charge in [0.25, 0.3) is 6.01 Å². The number of ether oxygens (including phenoxy) is 1. The molecule has 0 fully saturated rings. The van der Waals surface area contributed by atoms with Crippen LogP contribution in [-0.4, -0.2) is 28.2 Å². The molecule has 0 aliphatic carbocycles. The third-order valence-corrected chi connectivity index (χ3v) is 1.95. The maximum absolute atomic E-state index is 13.0. The fraction of sp³-hybridized carbons (Fsp3) is 0.111. The Balaban J connectivity index is 2.77. The van der Waals surface area contributed by atoms with Crippen molar-refractivity contribution in [2.45, 2.75) is 0 Å². The number of hydrogen-bond donors (Lipinski definition) is 2. The second-order valence-corrected chi connectivity index (χ2v) is 2.90. The average molecular weight is 210 g/mol. The Kier molecular flexibility index (Phi) is 2.03. The van der Waals surface area contributed by atoms with Gasteiger partial charge in [0.15, 0.2) is 0 Å². The molecule has 0 amide bonds. The van der Waals surface area contributed by atoms with Gasteiger partial charge in [0.2, 0.25) is 0 Å². The first-order chi connectivity index (χ1) is 7.11. The van der Waals surface area contributed by atoms with Gasteiger partial charge in [0.1, 0.15) is 11.3 Å². The van der Waals surface area contributed by atoms with Crippen LogP contribution < -0.4 is 4.74 Å². The lowest BCUT2D eigenvalue weighted by atomic mass is 10.2. The van der Waals surface area contributed by atoms with Crippen molar-refractivity contribution in [3.8, 4) is 6.01 Å². The second-order valence-electron chi connectivity index (χ2n) is 2.90. The van der Waals surface area contributed by atoms with E-state index in [1.807, 2.05) is 0 Å². The van der Waals surface area contributed by atoms with Gasteiger partial charge in [-0.1, -0.05) is 0 Å². The number of nitrogens with zero attached hydrogens (tertiary/aromatic N) is 1. The zero-order valence-corrected chi connectivity index (χ0v) is 7.74. The van der Waals surface area contributed by atoms with Gasteiger partial charge in [-0.05, 0) is 12.1 Å². The molecule has 1 heterocycles. The first-order valence-corrected chi connectivity index (χ1v) is 4.08. The van der Waals surface area contributed by atoms with Crippen LogP contribution in [0.2, 0.25) is 0 Å². The Morgan fingerprint density at radius 2 is 2.33 bits per heavy atom. The van der Waals surface area contributed by atoms with E-state index < -0.39 is 11.8 Å². The third kappa shape index (κ3) is 1.50. The summed E-state index contributed by atoms with van der Waals surface area (Å²) in [5.74, 6) is -1.86. The molecule has 0 bridgehead atoms. The van der Waals surface area contributed by atoms with Crippen LogP contribution in [-0.2, 0) is 0 Å². The van der Waals surface area contributed by atoms with Crippen molar-refractivity contribution in [1.82, 2.24) is 9.97 Å². The number of aromatic amines is 1. The molecule has 6 heteroatoms. The number of aromatic nitrogens is 2. The molecule has 0 aliphatic rings. The quantitative estimate of drug-likeness (QED) is 0.785. The Morgan fingerprint density at radius 1 is 1.60 bits per heavy atom. The molecular formula is C9H7FN2O3. The Hall–Kier alpha value is -2.11. The van der Waals surface area contributed by atoms with Crippen molar-refractivity contribution < 1.29 is 19.0 Å². The fourth-order valence-electron chi connectivity index (χ4n) is 1.32. The molecule has 0 atom stereocenters. The summed E-state index contributed by atoms with van der Waals surface area (Å²) in [6.45, 7) is 0. The minimum Gasteiger partial charge on any atom is -0.478 e. The molecule has 0 radical (unpaired) electrons. The Bertz CT molecular complexity index is 535. The average Bonchev–Trinajstić information content (AvgIpc) is 2.58. The van der Waals surface area contributed by atoms with E-state index in [0.717, 1.165) is 12.1 Å². The molecular weight excluding hydrogens is 203 g/mol. The van der Waals surface area contributed by atoms with Gasteiger partial charge >= 0.3 is 5.97 Å². The molecule has 0 spiro atoms. The van der Waals surface area contributed by atoms with Crippen molar-refractivity contribution in [3.05, 3.63) is 23.5 Å². The van der Waals surface area contributed by atoms with Crippen molar-refractivity contribution in [2.24, 2.45) is 0 Å². The maximum Gasteiger partial charge on any atom is 0.338 e. The van der Waals surface area contributed by atoms with Crippen LogP contribution in [0.25, 0.3) is 11.0 Å². The van der Waals surface area contributed by atoms with E-state index >= 15 is 0 Å². The summed E-state index contributed by atoms with van der Waals surface area (Å²) in [4.78, 5) is 17.3. The molecule has 1 aromatic carbocycles. The predicted molar refractivity (Wildman–Crippen MR) is 49.6 cm³/mol. The van der Waals surface area contributed by atoms with E-state index in [1.165, 1.54) is 7.11 Å². The van der Waals surface area contributed by atoms with Gasteiger partial charge in [-0.2, -0.15) is 4.98 Å². The molecule has 2 N–H and O–H groups in total. The normalized spacial score (nSPS) is 10.5. The summed E-state index contributed by atoms with van der Waals surface area (Å²) in [5.41, 5.74) is 0.287. The molecule has 2 aromatic rings. The van der Waals surface area contributed by atoms with E-state index in [9.17, 15) is 9.18 Å². The number of rotatable bonds is 2. The summed E-state index contributed by atoms with van der Waals surface area (Å²) in [7, 11) is 1.38. The largest absolute Gasteiger partial charge is 0.478 e. The summed E-state index contributed by atoms with van der Waals surface area (Å²) >= 11 is 0. The smallest absolute Gasteiger partial charge is 0.338 e. The van der Waals surface area contributed by atoms with Crippen LogP contribution in [0.3, 0.4) is 0 Å². The highest BCUT2D eigenvalue weighted by molar-refractivity contribution is 6.01. The monoisotopic (exact) mass is 210 g/mol. The highest BCUT2D eigenvalue weighted by atomic mass is 19.1. The predicted octanol–water partition coefficient (Wildman–Crippen LogP) is 1.41. The van der Waals surface area contributed by atoms with Crippen LogP contribution in [0.5, 0.6) is 6.01 Å². The van der Waals surface area contributed by atoms with Crippen molar-refractivity contribution >= 4 is 17.0 Å². The van der Waals surface area contributed by atoms with Gasteiger partial charge in [-0.15, -0.1) is 0 Å². The van der Waals surface area contributed by atoms with E-state index in [-0.39, 0.29) is 17.1 Å². The number of imidazole rings is 1. The number of nitrogens with one attached hydrogen (secondary N) is 1. The van der Waals surface area contributed by atoms with E-state index in [2.05, 4.69) is 9.97 Å². The van der Waals surface area contributed by atoms with Crippen LogP contribution in [0.4, 0.5) is 4.39 Å². The summed E-state index contributed by atoms with van der Waals surface area (Å²) in [6.07, 6.45) is 0. The lowest BCUT2D eigenvalue weighted by Gasteiger charge is -1.95. The minimum atomic E-state index is -1.23. The standard InChI is InChI=1S/C9H7FN2O3/c1-15-9-11-6-3-4(10)2-5(8(13)14)7(6)12-9/h2-3H,1H3,(H,11,12)(H,13,14). The lowest BCUT2D eigenvalue weighted by molar-refractivity contribution is 0.0698. The molecule has 2 rings (SSSR count). The number of H-pyrrole nitrogens is 1. The molecule has 1 aromatic heterocycles.